The Morgan fingerprint density at radius 3 is 3.00 bits per heavy atom. The molecule has 0 aromatic rings. The molecule has 0 aromatic carbocycles. The molecular weight excluding hydrogens is 196 g/mol. The number of nitrogens with two attached hydrogens (primary N) is 1. The Labute approximate surface area is 91.6 Å². The van der Waals surface area contributed by atoms with Crippen molar-refractivity contribution in [3.63, 3.8) is 0 Å². The van der Waals surface area contributed by atoms with E-state index in [1.165, 1.54) is 19.3 Å². The van der Waals surface area contributed by atoms with E-state index in [4.69, 9.17) is 22.7 Å². The molecule has 0 spiro atoms. The van der Waals surface area contributed by atoms with Crippen LogP contribution < -0.4 is 5.73 Å². The maximum atomic E-state index is 5.56. The average Bonchev–Trinajstić information content (AvgIpc) is 2.19. The molecule has 1 saturated heterocycles. The van der Waals surface area contributed by atoms with Gasteiger partial charge in [0.05, 0.1) is 6.61 Å². The molecule has 1 fully saturated rings. The number of ether oxygens (including phenoxy) is 1. The summed E-state index contributed by atoms with van der Waals surface area (Å²) in [6.07, 6.45) is 3.80. The van der Waals surface area contributed by atoms with Gasteiger partial charge in [0.25, 0.3) is 0 Å². The molecule has 0 saturated carbocycles. The van der Waals surface area contributed by atoms with Gasteiger partial charge in [-0.2, -0.15) is 0 Å². The van der Waals surface area contributed by atoms with E-state index in [-0.39, 0.29) is 6.10 Å². The first-order valence-corrected chi connectivity index (χ1v) is 5.78. The molecule has 0 radical (unpaired) electrons. The molecule has 0 aliphatic carbocycles. The summed E-state index contributed by atoms with van der Waals surface area (Å²) < 4.78 is 5.47. The molecule has 14 heavy (non-hydrogen) atoms. The Kier molecular flexibility index (Phi) is 5.37. The summed E-state index contributed by atoms with van der Waals surface area (Å²) in [5, 5.41) is 0. The highest BCUT2D eigenvalue weighted by Crippen LogP contribution is 2.07. The van der Waals surface area contributed by atoms with Crippen molar-refractivity contribution in [3.05, 3.63) is 0 Å². The molecule has 0 amide bonds. The van der Waals surface area contributed by atoms with Gasteiger partial charge in [0.15, 0.2) is 0 Å². The van der Waals surface area contributed by atoms with E-state index in [1.54, 1.807) is 0 Å². The van der Waals surface area contributed by atoms with E-state index in [1.807, 2.05) is 0 Å². The zero-order valence-corrected chi connectivity index (χ0v) is 9.68. The maximum absolute atomic E-state index is 5.56. The van der Waals surface area contributed by atoms with E-state index in [2.05, 4.69) is 11.8 Å². The number of thiocarbonyl (C=S) groups is 1. The van der Waals surface area contributed by atoms with Crippen molar-refractivity contribution in [1.82, 2.24) is 4.90 Å². The van der Waals surface area contributed by atoms with Crippen LogP contribution in [0, 0.1) is 0 Å². The second kappa shape index (κ2) is 6.32. The first-order chi connectivity index (χ1) is 6.74. The zero-order chi connectivity index (χ0) is 10.4. The lowest BCUT2D eigenvalue weighted by Gasteiger charge is -2.32. The predicted octanol–water partition coefficient (Wildman–Crippen LogP) is 1.16. The second-order valence-corrected chi connectivity index (χ2v) is 4.24. The highest BCUT2D eigenvalue weighted by Gasteiger charge is 2.21. The van der Waals surface area contributed by atoms with E-state index in [9.17, 15) is 0 Å². The van der Waals surface area contributed by atoms with Crippen molar-refractivity contribution in [3.8, 4) is 0 Å². The van der Waals surface area contributed by atoms with Crippen molar-refractivity contribution in [2.24, 2.45) is 5.73 Å². The second-order valence-electron chi connectivity index (χ2n) is 3.77. The Hall–Kier alpha value is -0.190. The number of nitrogens with zero attached hydrogens (tertiary/aromatic N) is 1. The summed E-state index contributed by atoms with van der Waals surface area (Å²) in [5.74, 6) is 0. The number of unbranched alkanes of at least 4 members (excludes halogenated alkanes) is 2. The van der Waals surface area contributed by atoms with E-state index < -0.39 is 0 Å². The molecule has 1 atom stereocenters. The van der Waals surface area contributed by atoms with Crippen molar-refractivity contribution in [2.45, 2.75) is 32.3 Å². The van der Waals surface area contributed by atoms with Gasteiger partial charge in [0.2, 0.25) is 0 Å². The van der Waals surface area contributed by atoms with Crippen LogP contribution >= 0.6 is 12.2 Å². The largest absolute Gasteiger partial charge is 0.391 e. The highest BCUT2D eigenvalue weighted by atomic mass is 32.1. The molecule has 1 aliphatic rings. The average molecular weight is 216 g/mol. The van der Waals surface area contributed by atoms with E-state index in [0.29, 0.717) is 4.99 Å². The smallest absolute Gasteiger partial charge is 0.120 e. The third kappa shape index (κ3) is 3.90. The molecule has 1 aliphatic heterocycles. The first kappa shape index (κ1) is 11.9. The van der Waals surface area contributed by atoms with Crippen molar-refractivity contribution >= 4 is 17.2 Å². The van der Waals surface area contributed by atoms with Crippen molar-refractivity contribution in [2.75, 3.05) is 26.2 Å². The van der Waals surface area contributed by atoms with Crippen molar-refractivity contribution in [1.29, 1.82) is 0 Å². The van der Waals surface area contributed by atoms with Crippen LogP contribution in [0.3, 0.4) is 0 Å². The number of morpholine rings is 1. The van der Waals surface area contributed by atoms with Crippen LogP contribution in [-0.2, 0) is 4.74 Å². The number of rotatable bonds is 5. The monoisotopic (exact) mass is 216 g/mol. The van der Waals surface area contributed by atoms with Gasteiger partial charge in [0, 0.05) is 13.1 Å². The minimum atomic E-state index is -0.0274. The van der Waals surface area contributed by atoms with Gasteiger partial charge in [-0.25, -0.2) is 0 Å². The van der Waals surface area contributed by atoms with Crippen LogP contribution in [0.1, 0.15) is 26.2 Å². The first-order valence-electron chi connectivity index (χ1n) is 5.37. The minimum absolute atomic E-state index is 0.0274. The Balaban J connectivity index is 2.22. The molecule has 2 N–H and O–H groups in total. The van der Waals surface area contributed by atoms with Crippen molar-refractivity contribution < 1.29 is 4.74 Å². The van der Waals surface area contributed by atoms with Gasteiger partial charge in [-0.15, -0.1) is 0 Å². The fourth-order valence-corrected chi connectivity index (χ4v) is 1.81. The van der Waals surface area contributed by atoms with Crippen LogP contribution in [0.4, 0.5) is 0 Å². The third-order valence-corrected chi connectivity index (χ3v) is 2.81. The summed E-state index contributed by atoms with van der Waals surface area (Å²) in [5.41, 5.74) is 5.56. The summed E-state index contributed by atoms with van der Waals surface area (Å²) in [6.45, 7) is 6.02. The van der Waals surface area contributed by atoms with E-state index in [0.717, 1.165) is 26.2 Å². The number of hydrogen-bond acceptors (Lipinski definition) is 3. The standard InChI is InChI=1S/C10H20N2OS/c1-2-3-4-5-12-6-7-13-9(8-12)10(11)14/h9H,2-8H2,1H3,(H2,11,14). The maximum Gasteiger partial charge on any atom is 0.120 e. The fraction of sp³-hybridized carbons (Fsp3) is 0.900. The fourth-order valence-electron chi connectivity index (χ4n) is 1.66. The molecule has 1 heterocycles. The molecule has 3 nitrogen and oxygen atoms in total. The van der Waals surface area contributed by atoms with Crippen LogP contribution in [0.15, 0.2) is 0 Å². The highest BCUT2D eigenvalue weighted by molar-refractivity contribution is 7.80. The van der Waals surface area contributed by atoms with Gasteiger partial charge in [-0.1, -0.05) is 32.0 Å². The van der Waals surface area contributed by atoms with Gasteiger partial charge in [0.1, 0.15) is 11.1 Å². The summed E-state index contributed by atoms with van der Waals surface area (Å²) >= 11 is 4.93. The van der Waals surface area contributed by atoms with Gasteiger partial charge < -0.3 is 10.5 Å². The topological polar surface area (TPSA) is 38.5 Å². The molecule has 82 valence electrons. The van der Waals surface area contributed by atoms with Gasteiger partial charge >= 0.3 is 0 Å². The molecule has 1 unspecified atom stereocenters. The molecule has 0 aromatic heterocycles. The van der Waals surface area contributed by atoms with Crippen LogP contribution in [0.2, 0.25) is 0 Å². The summed E-state index contributed by atoms with van der Waals surface area (Å²) in [7, 11) is 0. The molecule has 4 heteroatoms. The van der Waals surface area contributed by atoms with Crippen LogP contribution in [0.25, 0.3) is 0 Å². The van der Waals surface area contributed by atoms with Crippen LogP contribution in [0.5, 0.6) is 0 Å². The predicted molar refractivity (Wildman–Crippen MR) is 62.5 cm³/mol. The molecule has 0 bridgehead atoms. The SMILES string of the molecule is CCCCCN1CCOC(C(N)=S)C1. The Bertz CT molecular complexity index is 187. The van der Waals surface area contributed by atoms with Gasteiger partial charge in [-0.05, 0) is 13.0 Å². The summed E-state index contributed by atoms with van der Waals surface area (Å²) in [4.78, 5) is 2.88. The Morgan fingerprint density at radius 2 is 2.36 bits per heavy atom. The summed E-state index contributed by atoms with van der Waals surface area (Å²) in [6, 6.07) is 0. The lowest BCUT2D eigenvalue weighted by atomic mass is 10.2. The minimum Gasteiger partial charge on any atom is -0.391 e. The normalized spacial score (nSPS) is 23.6. The Morgan fingerprint density at radius 1 is 1.57 bits per heavy atom. The molecule has 1 rings (SSSR count). The number of hydrogen-bond donors (Lipinski definition) is 1. The van der Waals surface area contributed by atoms with Crippen LogP contribution in [-0.4, -0.2) is 42.2 Å². The third-order valence-electron chi connectivity index (χ3n) is 2.55. The molecular formula is C10H20N2OS. The van der Waals surface area contributed by atoms with Gasteiger partial charge in [-0.3, -0.25) is 4.90 Å². The zero-order valence-electron chi connectivity index (χ0n) is 8.87. The lowest BCUT2D eigenvalue weighted by Crippen LogP contribution is -2.47. The van der Waals surface area contributed by atoms with E-state index >= 15 is 0 Å². The quantitative estimate of drug-likeness (QED) is 0.553. The lowest BCUT2D eigenvalue weighted by molar-refractivity contribution is 0.00672.